The monoisotopic (exact) mass is 248 g/mol. The summed E-state index contributed by atoms with van der Waals surface area (Å²) < 4.78 is 36.3. The largest absolute Gasteiger partial charge is 0.401 e. The van der Waals surface area contributed by atoms with Crippen LogP contribution in [0.2, 0.25) is 0 Å². The normalized spacial score (nSPS) is 11.9. The third kappa shape index (κ3) is 5.48. The Morgan fingerprint density at radius 2 is 2.00 bits per heavy atom. The summed E-state index contributed by atoms with van der Waals surface area (Å²) in [5.41, 5.74) is 0.512. The van der Waals surface area contributed by atoms with Crippen molar-refractivity contribution in [1.82, 2.24) is 14.9 Å². The zero-order chi connectivity index (χ0) is 12.9. The van der Waals surface area contributed by atoms with Gasteiger partial charge in [-0.1, -0.05) is 0 Å². The van der Waals surface area contributed by atoms with Crippen LogP contribution in [0, 0.1) is 0 Å². The minimum atomic E-state index is -4.19. The van der Waals surface area contributed by atoms with Gasteiger partial charge in [-0.15, -0.1) is 0 Å². The third-order valence-electron chi connectivity index (χ3n) is 1.94. The van der Waals surface area contributed by atoms with Crippen molar-refractivity contribution >= 4 is 5.82 Å². The number of halogens is 3. The molecule has 0 unspecified atom stereocenters. The average Bonchev–Trinajstić information content (AvgIpc) is 2.18. The van der Waals surface area contributed by atoms with Gasteiger partial charge in [-0.05, 0) is 14.0 Å². The summed E-state index contributed by atoms with van der Waals surface area (Å²) in [7, 11) is 1.40. The predicted octanol–water partition coefficient (Wildman–Crippen LogP) is 1.90. The lowest BCUT2D eigenvalue weighted by Crippen LogP contribution is -2.30. The van der Waals surface area contributed by atoms with Gasteiger partial charge in [0.2, 0.25) is 0 Å². The average molecular weight is 248 g/mol. The highest BCUT2D eigenvalue weighted by molar-refractivity contribution is 5.30. The van der Waals surface area contributed by atoms with Crippen molar-refractivity contribution in [3.63, 3.8) is 0 Å². The van der Waals surface area contributed by atoms with Crippen LogP contribution in [-0.4, -0.2) is 41.2 Å². The molecule has 1 aromatic rings. The van der Waals surface area contributed by atoms with Gasteiger partial charge >= 0.3 is 6.18 Å². The van der Waals surface area contributed by atoms with Crippen LogP contribution in [0.5, 0.6) is 0 Å². The Morgan fingerprint density at radius 1 is 1.29 bits per heavy atom. The summed E-state index contributed by atoms with van der Waals surface area (Å²) in [5, 5.41) is 2.96. The number of hydrogen-bond donors (Lipinski definition) is 1. The zero-order valence-corrected chi connectivity index (χ0v) is 9.75. The molecule has 4 nitrogen and oxygen atoms in total. The van der Waals surface area contributed by atoms with Crippen LogP contribution >= 0.6 is 0 Å². The molecule has 0 aliphatic heterocycles. The molecule has 7 heteroatoms. The van der Waals surface area contributed by atoms with Crippen molar-refractivity contribution < 1.29 is 13.2 Å². The maximum Gasteiger partial charge on any atom is 0.401 e. The van der Waals surface area contributed by atoms with Crippen molar-refractivity contribution in [2.24, 2.45) is 0 Å². The molecule has 96 valence electrons. The fourth-order valence-electron chi connectivity index (χ4n) is 1.35. The molecule has 0 aromatic carbocycles. The Balaban J connectivity index is 2.51. The van der Waals surface area contributed by atoms with Crippen LogP contribution in [0.4, 0.5) is 19.0 Å². The second-order valence-corrected chi connectivity index (χ2v) is 3.71. The molecular weight excluding hydrogens is 233 g/mol. The number of anilines is 1. The van der Waals surface area contributed by atoms with E-state index in [4.69, 9.17) is 0 Å². The highest BCUT2D eigenvalue weighted by Crippen LogP contribution is 2.16. The number of hydrogen-bond acceptors (Lipinski definition) is 4. The smallest absolute Gasteiger partial charge is 0.369 e. The Morgan fingerprint density at radius 3 is 2.47 bits per heavy atom. The molecule has 0 fully saturated rings. The highest BCUT2D eigenvalue weighted by atomic mass is 19.4. The van der Waals surface area contributed by atoms with E-state index in [1.165, 1.54) is 19.4 Å². The van der Waals surface area contributed by atoms with Crippen molar-refractivity contribution in [3.05, 3.63) is 18.1 Å². The summed E-state index contributed by atoms with van der Waals surface area (Å²) in [6, 6.07) is 0. The Kier molecular flexibility index (Phi) is 4.68. The van der Waals surface area contributed by atoms with Crippen LogP contribution in [0.25, 0.3) is 0 Å². The fourth-order valence-corrected chi connectivity index (χ4v) is 1.35. The van der Waals surface area contributed by atoms with E-state index in [9.17, 15) is 13.2 Å². The minimum Gasteiger partial charge on any atom is -0.369 e. The molecule has 0 atom stereocenters. The van der Waals surface area contributed by atoms with Crippen LogP contribution in [0.1, 0.15) is 12.6 Å². The summed E-state index contributed by atoms with van der Waals surface area (Å²) in [4.78, 5) is 9.22. The Hall–Kier alpha value is -1.37. The first-order chi connectivity index (χ1) is 7.90. The number of nitrogens with one attached hydrogen (secondary N) is 1. The second kappa shape index (κ2) is 5.81. The molecule has 1 rings (SSSR count). The molecule has 0 aliphatic carbocycles. The van der Waals surface area contributed by atoms with Crippen LogP contribution in [0.15, 0.2) is 12.4 Å². The molecule has 0 radical (unpaired) electrons. The lowest BCUT2D eigenvalue weighted by atomic mass is 10.4. The van der Waals surface area contributed by atoms with E-state index in [0.717, 1.165) is 11.4 Å². The molecule has 1 aromatic heterocycles. The first-order valence-electron chi connectivity index (χ1n) is 5.21. The van der Waals surface area contributed by atoms with Crippen molar-refractivity contribution in [1.29, 1.82) is 0 Å². The standard InChI is InChI=1S/C10H15F3N4/c1-3-14-9-5-15-8(4-16-9)6-17(2)7-10(11,12)13/h4-5H,3,6-7H2,1-2H3,(H,14,16). The molecule has 0 aliphatic rings. The first kappa shape index (κ1) is 13.7. The molecule has 1 N–H and O–H groups in total. The maximum absolute atomic E-state index is 12.1. The van der Waals surface area contributed by atoms with Gasteiger partial charge in [-0.25, -0.2) is 4.98 Å². The van der Waals surface area contributed by atoms with E-state index in [0.29, 0.717) is 11.5 Å². The zero-order valence-electron chi connectivity index (χ0n) is 9.75. The molecular formula is C10H15F3N4. The number of nitrogens with zero attached hydrogens (tertiary/aromatic N) is 3. The lowest BCUT2D eigenvalue weighted by Gasteiger charge is -2.17. The number of rotatable bonds is 5. The van der Waals surface area contributed by atoms with Gasteiger partial charge in [0.1, 0.15) is 5.82 Å². The van der Waals surface area contributed by atoms with Crippen LogP contribution in [-0.2, 0) is 6.54 Å². The molecule has 0 saturated carbocycles. The third-order valence-corrected chi connectivity index (χ3v) is 1.94. The quantitative estimate of drug-likeness (QED) is 0.864. The Bertz CT molecular complexity index is 336. The van der Waals surface area contributed by atoms with Gasteiger partial charge in [-0.2, -0.15) is 13.2 Å². The van der Waals surface area contributed by atoms with Gasteiger partial charge in [-0.3, -0.25) is 9.88 Å². The number of alkyl halides is 3. The fraction of sp³-hybridized carbons (Fsp3) is 0.600. The van der Waals surface area contributed by atoms with Gasteiger partial charge < -0.3 is 5.32 Å². The molecule has 0 spiro atoms. The van der Waals surface area contributed by atoms with E-state index >= 15 is 0 Å². The molecule has 0 bridgehead atoms. The Labute approximate surface area is 97.9 Å². The van der Waals surface area contributed by atoms with Gasteiger partial charge in [0.05, 0.1) is 24.6 Å². The minimum absolute atomic E-state index is 0.124. The van der Waals surface area contributed by atoms with Crippen molar-refractivity contribution in [3.8, 4) is 0 Å². The maximum atomic E-state index is 12.1. The first-order valence-corrected chi connectivity index (χ1v) is 5.21. The van der Waals surface area contributed by atoms with E-state index in [1.807, 2.05) is 6.92 Å². The molecule has 1 heterocycles. The summed E-state index contributed by atoms with van der Waals surface area (Å²) in [6.07, 6.45) is -1.20. The van der Waals surface area contributed by atoms with E-state index < -0.39 is 12.7 Å². The summed E-state index contributed by atoms with van der Waals surface area (Å²) in [5.74, 6) is 0.620. The van der Waals surface area contributed by atoms with Gasteiger partial charge in [0.25, 0.3) is 0 Å². The topological polar surface area (TPSA) is 41.1 Å². The van der Waals surface area contributed by atoms with Crippen LogP contribution < -0.4 is 5.32 Å². The van der Waals surface area contributed by atoms with Crippen molar-refractivity contribution in [2.45, 2.75) is 19.6 Å². The summed E-state index contributed by atoms with van der Waals surface area (Å²) >= 11 is 0. The van der Waals surface area contributed by atoms with Crippen molar-refractivity contribution in [2.75, 3.05) is 25.5 Å². The van der Waals surface area contributed by atoms with Gasteiger partial charge in [0, 0.05) is 13.1 Å². The van der Waals surface area contributed by atoms with E-state index in [1.54, 1.807) is 0 Å². The second-order valence-electron chi connectivity index (χ2n) is 3.71. The number of aromatic nitrogens is 2. The SMILES string of the molecule is CCNc1cnc(CN(C)CC(F)(F)F)cn1. The highest BCUT2D eigenvalue weighted by Gasteiger charge is 2.29. The van der Waals surface area contributed by atoms with E-state index in [2.05, 4.69) is 15.3 Å². The summed E-state index contributed by atoms with van der Waals surface area (Å²) in [6.45, 7) is 1.82. The van der Waals surface area contributed by atoms with Crippen LogP contribution in [0.3, 0.4) is 0 Å². The van der Waals surface area contributed by atoms with Gasteiger partial charge in [0.15, 0.2) is 0 Å². The predicted molar refractivity (Wildman–Crippen MR) is 58.6 cm³/mol. The molecule has 0 saturated heterocycles. The molecule has 17 heavy (non-hydrogen) atoms. The lowest BCUT2D eigenvalue weighted by molar-refractivity contribution is -0.144. The van der Waals surface area contributed by atoms with E-state index in [-0.39, 0.29) is 6.54 Å². The molecule has 0 amide bonds.